The van der Waals surface area contributed by atoms with Crippen molar-refractivity contribution in [2.24, 2.45) is 0 Å². The topological polar surface area (TPSA) is 41.1 Å². The van der Waals surface area contributed by atoms with Gasteiger partial charge in [0.1, 0.15) is 0 Å². The van der Waals surface area contributed by atoms with Gasteiger partial charge in [0, 0.05) is 17.9 Å². The molecule has 1 fully saturated rings. The summed E-state index contributed by atoms with van der Waals surface area (Å²) in [6.07, 6.45) is 0. The van der Waals surface area contributed by atoms with Gasteiger partial charge in [-0.1, -0.05) is 67.6 Å². The van der Waals surface area contributed by atoms with Crippen molar-refractivity contribution in [3.05, 3.63) is 71.8 Å². The molecule has 0 bridgehead atoms. The van der Waals surface area contributed by atoms with Gasteiger partial charge in [0.2, 0.25) is 5.91 Å². The van der Waals surface area contributed by atoms with Crippen LogP contribution in [-0.4, -0.2) is 25.0 Å². The average Bonchev–Trinajstić information content (AvgIpc) is 3.28. The number of amides is 1. The first-order chi connectivity index (χ1) is 10.8. The molecule has 1 aliphatic rings. The van der Waals surface area contributed by atoms with E-state index in [1.165, 1.54) is 11.1 Å². The fourth-order valence-electron chi connectivity index (χ4n) is 3.15. The van der Waals surface area contributed by atoms with Gasteiger partial charge in [-0.3, -0.25) is 4.79 Å². The number of nitrogens with one attached hydrogen (secondary N) is 2. The van der Waals surface area contributed by atoms with Crippen LogP contribution >= 0.6 is 12.4 Å². The third-order valence-electron chi connectivity index (χ3n) is 4.25. The fraction of sp³-hybridized carbons (Fsp3) is 0.316. The molecule has 3 nitrogen and oxygen atoms in total. The lowest BCUT2D eigenvalue weighted by Crippen LogP contribution is -2.36. The molecule has 0 spiro atoms. The van der Waals surface area contributed by atoms with E-state index in [0.29, 0.717) is 18.4 Å². The number of hydrogen-bond donors (Lipinski definition) is 2. The molecule has 3 atom stereocenters. The summed E-state index contributed by atoms with van der Waals surface area (Å²) in [5.41, 5.74) is 2.59. The minimum Gasteiger partial charge on any atom is -0.351 e. The number of hydrogen-bond acceptors (Lipinski definition) is 2. The standard InChI is InChI=1S/C19H22N2O.ClH/c1-2-20-13-16(22)21-19-17(14-9-5-3-6-10-14)18(19)15-11-7-4-8-12-15;/h3-12,17-20H,2,13H2,1H3,(H,21,22);1H/t17-,18+,19?;. The number of carbonyl (C=O) groups is 1. The molecule has 1 unspecified atom stereocenters. The van der Waals surface area contributed by atoms with Crippen LogP contribution in [0.25, 0.3) is 0 Å². The minimum absolute atomic E-state index is 0. The van der Waals surface area contributed by atoms with Gasteiger partial charge in [0.05, 0.1) is 6.54 Å². The third-order valence-corrected chi connectivity index (χ3v) is 4.25. The van der Waals surface area contributed by atoms with Gasteiger partial charge < -0.3 is 10.6 Å². The van der Waals surface area contributed by atoms with E-state index in [4.69, 9.17) is 0 Å². The summed E-state index contributed by atoms with van der Waals surface area (Å²) < 4.78 is 0. The van der Waals surface area contributed by atoms with E-state index < -0.39 is 0 Å². The Bertz CT molecular complexity index is 572. The number of halogens is 1. The molecular formula is C19H23ClN2O. The first-order valence-corrected chi connectivity index (χ1v) is 7.91. The molecule has 2 aromatic rings. The summed E-state index contributed by atoms with van der Waals surface area (Å²) in [6.45, 7) is 3.20. The van der Waals surface area contributed by atoms with E-state index >= 15 is 0 Å². The van der Waals surface area contributed by atoms with Crippen molar-refractivity contribution < 1.29 is 4.79 Å². The Morgan fingerprint density at radius 1 is 0.913 bits per heavy atom. The van der Waals surface area contributed by atoms with Crippen molar-refractivity contribution in [3.63, 3.8) is 0 Å². The van der Waals surface area contributed by atoms with E-state index in [0.717, 1.165) is 6.54 Å². The van der Waals surface area contributed by atoms with Gasteiger partial charge in [-0.2, -0.15) is 0 Å². The van der Waals surface area contributed by atoms with E-state index in [1.54, 1.807) is 0 Å². The smallest absolute Gasteiger partial charge is 0.234 e. The quantitative estimate of drug-likeness (QED) is 0.854. The van der Waals surface area contributed by atoms with E-state index in [2.05, 4.69) is 59.2 Å². The fourth-order valence-corrected chi connectivity index (χ4v) is 3.15. The lowest BCUT2D eigenvalue weighted by molar-refractivity contribution is -0.120. The molecule has 0 aromatic heterocycles. The van der Waals surface area contributed by atoms with Crippen LogP contribution in [-0.2, 0) is 4.79 Å². The summed E-state index contributed by atoms with van der Waals surface area (Å²) in [6, 6.07) is 21.1. The Labute approximate surface area is 143 Å². The van der Waals surface area contributed by atoms with Crippen LogP contribution in [0.15, 0.2) is 60.7 Å². The van der Waals surface area contributed by atoms with Gasteiger partial charge in [0.25, 0.3) is 0 Å². The SMILES string of the molecule is CCNCC(=O)NC1[C@@H](c2ccccc2)[C@H]1c1ccccc1.Cl. The van der Waals surface area contributed by atoms with Crippen LogP contribution in [0.5, 0.6) is 0 Å². The summed E-state index contributed by atoms with van der Waals surface area (Å²) in [7, 11) is 0. The summed E-state index contributed by atoms with van der Waals surface area (Å²) in [4.78, 5) is 12.0. The van der Waals surface area contributed by atoms with Gasteiger partial charge in [-0.05, 0) is 17.7 Å². The van der Waals surface area contributed by atoms with Crippen molar-refractivity contribution >= 4 is 18.3 Å². The molecule has 1 amide bonds. The van der Waals surface area contributed by atoms with Crippen LogP contribution in [0.4, 0.5) is 0 Å². The molecule has 23 heavy (non-hydrogen) atoms. The maximum atomic E-state index is 12.0. The summed E-state index contributed by atoms with van der Waals surface area (Å²) >= 11 is 0. The molecule has 0 saturated heterocycles. The second-order valence-corrected chi connectivity index (χ2v) is 5.75. The molecule has 0 aliphatic heterocycles. The van der Waals surface area contributed by atoms with Gasteiger partial charge in [-0.25, -0.2) is 0 Å². The first kappa shape index (κ1) is 17.5. The maximum Gasteiger partial charge on any atom is 0.234 e. The molecule has 1 saturated carbocycles. The highest BCUT2D eigenvalue weighted by Crippen LogP contribution is 2.54. The Kier molecular flexibility index (Phi) is 6.20. The van der Waals surface area contributed by atoms with Crippen LogP contribution < -0.4 is 10.6 Å². The van der Waals surface area contributed by atoms with Crippen LogP contribution in [0.1, 0.15) is 29.9 Å². The van der Waals surface area contributed by atoms with Gasteiger partial charge in [0.15, 0.2) is 0 Å². The lowest BCUT2D eigenvalue weighted by atomic mass is 10.0. The Balaban J connectivity index is 0.00000192. The van der Waals surface area contributed by atoms with Crippen molar-refractivity contribution in [2.45, 2.75) is 24.8 Å². The Morgan fingerprint density at radius 2 is 1.39 bits per heavy atom. The second kappa shape index (κ2) is 8.14. The zero-order valence-corrected chi connectivity index (χ0v) is 14.1. The predicted molar refractivity (Wildman–Crippen MR) is 96.1 cm³/mol. The normalized spacial score (nSPS) is 22.0. The number of rotatable bonds is 6. The van der Waals surface area contributed by atoms with Crippen molar-refractivity contribution in [2.75, 3.05) is 13.1 Å². The van der Waals surface area contributed by atoms with Crippen LogP contribution in [0, 0.1) is 0 Å². The van der Waals surface area contributed by atoms with Crippen LogP contribution in [0.3, 0.4) is 0 Å². The summed E-state index contributed by atoms with van der Waals surface area (Å²) in [5.74, 6) is 0.814. The van der Waals surface area contributed by atoms with Gasteiger partial charge in [-0.15, -0.1) is 12.4 Å². The molecular weight excluding hydrogens is 308 g/mol. The molecule has 0 heterocycles. The lowest BCUT2D eigenvalue weighted by Gasteiger charge is -2.05. The highest BCUT2D eigenvalue weighted by Gasteiger charge is 2.52. The van der Waals surface area contributed by atoms with Crippen LogP contribution in [0.2, 0.25) is 0 Å². The molecule has 3 rings (SSSR count). The molecule has 122 valence electrons. The maximum absolute atomic E-state index is 12.0. The molecule has 0 radical (unpaired) electrons. The van der Waals surface area contributed by atoms with E-state index in [-0.39, 0.29) is 24.4 Å². The average molecular weight is 331 g/mol. The molecule has 2 N–H and O–H groups in total. The monoisotopic (exact) mass is 330 g/mol. The van der Waals surface area contributed by atoms with Crippen molar-refractivity contribution in [1.82, 2.24) is 10.6 Å². The Hall–Kier alpha value is -1.84. The number of benzene rings is 2. The minimum atomic E-state index is 0. The summed E-state index contributed by atoms with van der Waals surface area (Å²) in [5, 5.41) is 6.26. The third kappa shape index (κ3) is 4.12. The zero-order chi connectivity index (χ0) is 15.4. The van der Waals surface area contributed by atoms with Gasteiger partial charge >= 0.3 is 0 Å². The highest BCUT2D eigenvalue weighted by molar-refractivity contribution is 5.85. The predicted octanol–water partition coefficient (Wildman–Crippen LogP) is 3.08. The van der Waals surface area contributed by atoms with Crippen molar-refractivity contribution in [3.8, 4) is 0 Å². The van der Waals surface area contributed by atoms with E-state index in [9.17, 15) is 4.79 Å². The molecule has 2 aromatic carbocycles. The van der Waals surface area contributed by atoms with Crippen molar-refractivity contribution in [1.29, 1.82) is 0 Å². The molecule has 4 heteroatoms. The number of likely N-dealkylation sites (N-methyl/N-ethyl adjacent to an activating group) is 1. The molecule has 1 aliphatic carbocycles. The Morgan fingerprint density at radius 3 is 1.83 bits per heavy atom. The zero-order valence-electron chi connectivity index (χ0n) is 13.2. The highest BCUT2D eigenvalue weighted by atomic mass is 35.5. The largest absolute Gasteiger partial charge is 0.351 e. The van der Waals surface area contributed by atoms with E-state index in [1.807, 2.05) is 19.1 Å². The second-order valence-electron chi connectivity index (χ2n) is 5.75. The first-order valence-electron chi connectivity index (χ1n) is 7.91. The number of carbonyl (C=O) groups excluding carboxylic acids is 1.